The van der Waals surface area contributed by atoms with Crippen LogP contribution in [0.2, 0.25) is 0 Å². The van der Waals surface area contributed by atoms with Gasteiger partial charge in [0.2, 0.25) is 15.9 Å². The van der Waals surface area contributed by atoms with Gasteiger partial charge in [-0.2, -0.15) is 0 Å². The van der Waals surface area contributed by atoms with Crippen molar-refractivity contribution in [2.45, 2.75) is 62.2 Å². The average Bonchev–Trinajstić information content (AvgIpc) is 3.22. The first-order valence-corrected chi connectivity index (χ1v) is 14.3. The Morgan fingerprint density at radius 2 is 1.79 bits per heavy atom. The lowest BCUT2D eigenvalue weighted by Gasteiger charge is -2.26. The number of ketones is 1. The molecule has 8 nitrogen and oxygen atoms in total. The molecule has 38 heavy (non-hydrogen) atoms. The standard InChI is InChI=1S/C29H34N2O6S/c1-19(32)21-11-13-25(14-12-21)38(36,37)30-18-24(33)16-23(15-20-7-3-2-4-8-20)29(35)31-28-26-10-6-5-9-22(26)17-27(28)34/h2-5,7-9,11-14,23-24,27-28,30,33-34H,6,10,15-18H2,1H3,(H,31,35)/t23-,24+,27-,28+/m1/s1. The summed E-state index contributed by atoms with van der Waals surface area (Å²) in [5.74, 6) is -1.09. The van der Waals surface area contributed by atoms with Gasteiger partial charge in [0.15, 0.2) is 5.78 Å². The van der Waals surface area contributed by atoms with E-state index in [2.05, 4.69) is 16.1 Å². The normalized spacial score (nSPS) is 20.6. The van der Waals surface area contributed by atoms with E-state index in [1.807, 2.05) is 36.4 Å². The predicted octanol–water partition coefficient (Wildman–Crippen LogP) is 2.67. The summed E-state index contributed by atoms with van der Waals surface area (Å²) >= 11 is 0. The number of nitrogens with one attached hydrogen (secondary N) is 2. The van der Waals surface area contributed by atoms with E-state index in [1.165, 1.54) is 31.2 Å². The van der Waals surface area contributed by atoms with Crippen molar-refractivity contribution in [2.24, 2.45) is 5.92 Å². The van der Waals surface area contributed by atoms with Crippen molar-refractivity contribution < 1.29 is 28.2 Å². The minimum atomic E-state index is -3.92. The zero-order chi connectivity index (χ0) is 27.3. The van der Waals surface area contributed by atoms with E-state index >= 15 is 0 Å². The Hall–Kier alpha value is -3.11. The number of aliphatic hydroxyl groups is 2. The first kappa shape index (κ1) is 27.9. The Bertz CT molecular complexity index is 1320. The average molecular weight is 539 g/mol. The third-order valence-corrected chi connectivity index (χ3v) is 8.57. The number of carbonyl (C=O) groups is 2. The van der Waals surface area contributed by atoms with Crippen LogP contribution in [0.15, 0.2) is 82.8 Å². The summed E-state index contributed by atoms with van der Waals surface area (Å²) in [6, 6.07) is 14.5. The monoisotopic (exact) mass is 538 g/mol. The van der Waals surface area contributed by atoms with Gasteiger partial charge in [0, 0.05) is 24.4 Å². The van der Waals surface area contributed by atoms with E-state index in [0.29, 0.717) is 18.4 Å². The molecule has 2 aromatic rings. The topological polar surface area (TPSA) is 133 Å². The summed E-state index contributed by atoms with van der Waals surface area (Å²) in [5, 5.41) is 24.4. The quantitative estimate of drug-likeness (QED) is 0.325. The Labute approximate surface area is 223 Å². The van der Waals surface area contributed by atoms with E-state index in [1.54, 1.807) is 0 Å². The van der Waals surface area contributed by atoms with Gasteiger partial charge >= 0.3 is 0 Å². The van der Waals surface area contributed by atoms with Gasteiger partial charge in [-0.05, 0) is 61.4 Å². The Balaban J connectivity index is 1.43. The zero-order valence-electron chi connectivity index (χ0n) is 21.3. The maximum absolute atomic E-state index is 13.4. The van der Waals surface area contributed by atoms with Crippen molar-refractivity contribution in [1.82, 2.24) is 10.0 Å². The number of hydrogen-bond acceptors (Lipinski definition) is 6. The van der Waals surface area contributed by atoms with Crippen LogP contribution < -0.4 is 10.0 Å². The second-order valence-electron chi connectivity index (χ2n) is 9.96. The van der Waals surface area contributed by atoms with Gasteiger partial charge < -0.3 is 15.5 Å². The maximum atomic E-state index is 13.4. The second kappa shape index (κ2) is 12.2. The van der Waals surface area contributed by atoms with Gasteiger partial charge in [-0.25, -0.2) is 13.1 Å². The predicted molar refractivity (Wildman–Crippen MR) is 144 cm³/mol. The number of benzene rings is 2. The number of rotatable bonds is 11. The largest absolute Gasteiger partial charge is 0.392 e. The molecule has 0 unspecified atom stereocenters. The van der Waals surface area contributed by atoms with Crippen molar-refractivity contribution in [3.63, 3.8) is 0 Å². The molecule has 2 aliphatic carbocycles. The molecule has 0 heterocycles. The van der Waals surface area contributed by atoms with Crippen LogP contribution in [0, 0.1) is 5.92 Å². The highest BCUT2D eigenvalue weighted by atomic mass is 32.2. The van der Waals surface area contributed by atoms with Crippen LogP contribution >= 0.6 is 0 Å². The molecule has 4 N–H and O–H groups in total. The molecule has 0 saturated carbocycles. The van der Waals surface area contributed by atoms with Gasteiger partial charge in [-0.1, -0.05) is 54.6 Å². The lowest BCUT2D eigenvalue weighted by atomic mass is 9.91. The van der Waals surface area contributed by atoms with Crippen molar-refractivity contribution in [2.75, 3.05) is 6.54 Å². The molecule has 0 fully saturated rings. The van der Waals surface area contributed by atoms with Crippen LogP contribution in [0.3, 0.4) is 0 Å². The number of hydrogen-bond donors (Lipinski definition) is 4. The molecule has 0 spiro atoms. The molecular weight excluding hydrogens is 504 g/mol. The van der Waals surface area contributed by atoms with Crippen LogP contribution in [0.5, 0.6) is 0 Å². The van der Waals surface area contributed by atoms with E-state index < -0.39 is 34.2 Å². The minimum Gasteiger partial charge on any atom is -0.392 e. The SMILES string of the molecule is CC(=O)c1ccc(S(=O)(=O)NC[C@@H](O)C[C@@H](Cc2ccccc2)C(=O)N[C@H]2C3=C(C=CCC3)C[C@H]2O)cc1. The highest BCUT2D eigenvalue weighted by Crippen LogP contribution is 2.34. The van der Waals surface area contributed by atoms with Crippen LogP contribution in [0.1, 0.15) is 48.5 Å². The molecule has 0 radical (unpaired) electrons. The molecule has 0 aliphatic heterocycles. The first-order chi connectivity index (χ1) is 18.1. The van der Waals surface area contributed by atoms with Gasteiger partial charge in [0.05, 0.1) is 23.1 Å². The maximum Gasteiger partial charge on any atom is 0.240 e. The van der Waals surface area contributed by atoms with E-state index in [0.717, 1.165) is 29.6 Å². The van der Waals surface area contributed by atoms with E-state index in [-0.39, 0.29) is 29.6 Å². The zero-order valence-corrected chi connectivity index (χ0v) is 22.2. The summed E-state index contributed by atoms with van der Waals surface area (Å²) in [6.45, 7) is 1.12. The summed E-state index contributed by atoms with van der Waals surface area (Å²) in [5.41, 5.74) is 3.44. The molecule has 0 aromatic heterocycles. The van der Waals surface area contributed by atoms with Crippen LogP contribution in [-0.4, -0.2) is 55.1 Å². The molecule has 9 heteroatoms. The number of amides is 1. The smallest absolute Gasteiger partial charge is 0.240 e. The highest BCUT2D eigenvalue weighted by Gasteiger charge is 2.36. The number of carbonyl (C=O) groups excluding carboxylic acids is 2. The molecule has 0 saturated heterocycles. The van der Waals surface area contributed by atoms with Gasteiger partial charge in [-0.3, -0.25) is 9.59 Å². The third-order valence-electron chi connectivity index (χ3n) is 7.13. The highest BCUT2D eigenvalue weighted by molar-refractivity contribution is 7.89. The van der Waals surface area contributed by atoms with Crippen molar-refractivity contribution in [1.29, 1.82) is 0 Å². The second-order valence-corrected chi connectivity index (χ2v) is 11.7. The molecular formula is C29H34N2O6S. The van der Waals surface area contributed by atoms with Crippen molar-refractivity contribution >= 4 is 21.7 Å². The number of aliphatic hydroxyl groups excluding tert-OH is 2. The fraction of sp³-hybridized carbons (Fsp3) is 0.379. The minimum absolute atomic E-state index is 0.0193. The summed E-state index contributed by atoms with van der Waals surface area (Å²) in [7, 11) is -3.92. The summed E-state index contributed by atoms with van der Waals surface area (Å²) in [4.78, 5) is 24.9. The Morgan fingerprint density at radius 1 is 1.08 bits per heavy atom. The lowest BCUT2D eigenvalue weighted by molar-refractivity contribution is -0.127. The number of Topliss-reactive ketones (excluding diaryl/α,β-unsaturated/α-hetero) is 1. The third kappa shape index (κ3) is 6.85. The van der Waals surface area contributed by atoms with E-state index in [9.17, 15) is 28.2 Å². The van der Waals surface area contributed by atoms with E-state index in [4.69, 9.17) is 0 Å². The number of sulfonamides is 1. The molecule has 202 valence electrons. The summed E-state index contributed by atoms with van der Waals surface area (Å²) < 4.78 is 27.8. The fourth-order valence-corrected chi connectivity index (χ4v) is 6.14. The first-order valence-electron chi connectivity index (χ1n) is 12.8. The number of allylic oxidation sites excluding steroid dienone is 2. The molecule has 4 atom stereocenters. The molecule has 2 aliphatic rings. The van der Waals surface area contributed by atoms with Gasteiger partial charge in [-0.15, -0.1) is 0 Å². The summed E-state index contributed by atoms with van der Waals surface area (Å²) in [6.07, 6.45) is 4.80. The fourth-order valence-electron chi connectivity index (χ4n) is 5.07. The van der Waals surface area contributed by atoms with Crippen molar-refractivity contribution in [3.8, 4) is 0 Å². The molecule has 0 bridgehead atoms. The van der Waals surface area contributed by atoms with Crippen LogP contribution in [0.25, 0.3) is 0 Å². The van der Waals surface area contributed by atoms with Crippen LogP contribution in [-0.2, 0) is 21.2 Å². The lowest BCUT2D eigenvalue weighted by Crippen LogP contribution is -2.46. The Kier molecular flexibility index (Phi) is 8.94. The van der Waals surface area contributed by atoms with Crippen LogP contribution in [0.4, 0.5) is 0 Å². The molecule has 4 rings (SSSR count). The van der Waals surface area contributed by atoms with Crippen molar-refractivity contribution in [3.05, 3.63) is 89.0 Å². The Morgan fingerprint density at radius 3 is 2.47 bits per heavy atom. The van der Waals surface area contributed by atoms with Gasteiger partial charge in [0.25, 0.3) is 0 Å². The molecule has 1 amide bonds. The molecule has 2 aromatic carbocycles. The van der Waals surface area contributed by atoms with Gasteiger partial charge in [0.1, 0.15) is 0 Å².